The number of aromatic nitrogens is 2. The van der Waals surface area contributed by atoms with Gasteiger partial charge in [0.2, 0.25) is 0 Å². The minimum atomic E-state index is 0.525. The molecule has 14 heavy (non-hydrogen) atoms. The van der Waals surface area contributed by atoms with Crippen LogP contribution in [0.1, 0.15) is 5.69 Å². The lowest BCUT2D eigenvalue weighted by atomic mass is 10.5. The van der Waals surface area contributed by atoms with Gasteiger partial charge in [-0.1, -0.05) is 0 Å². The Morgan fingerprint density at radius 2 is 2.57 bits per heavy atom. The zero-order valence-electron chi connectivity index (χ0n) is 8.04. The number of hydrogen-bond acceptors (Lipinski definition) is 3. The van der Waals surface area contributed by atoms with Gasteiger partial charge in [-0.2, -0.15) is 0 Å². The zero-order valence-corrected chi connectivity index (χ0v) is 8.86. The molecule has 1 aromatic heterocycles. The molecule has 0 aliphatic rings. The summed E-state index contributed by atoms with van der Waals surface area (Å²) in [5.74, 6) is 0. The van der Waals surface area contributed by atoms with Gasteiger partial charge in [0.15, 0.2) is 5.11 Å². The van der Waals surface area contributed by atoms with E-state index in [9.17, 15) is 0 Å². The summed E-state index contributed by atoms with van der Waals surface area (Å²) in [6.07, 6.45) is 3.44. The summed E-state index contributed by atoms with van der Waals surface area (Å²) < 4.78 is 5.34. The minimum absolute atomic E-state index is 0.525. The second kappa shape index (κ2) is 6.33. The predicted molar refractivity (Wildman–Crippen MR) is 57.9 cm³/mol. The molecule has 3 N–H and O–H groups in total. The number of nitrogens with one attached hydrogen (secondary N) is 3. The van der Waals surface area contributed by atoms with Crippen LogP contribution in [0.25, 0.3) is 0 Å². The van der Waals surface area contributed by atoms with Gasteiger partial charge in [0.25, 0.3) is 0 Å². The predicted octanol–water partition coefficient (Wildman–Crippen LogP) is 0.0202. The van der Waals surface area contributed by atoms with Crippen LogP contribution in [0.5, 0.6) is 0 Å². The van der Waals surface area contributed by atoms with Crippen molar-refractivity contribution in [2.75, 3.05) is 20.2 Å². The normalized spacial score (nSPS) is 9.79. The van der Waals surface area contributed by atoms with Crippen LogP contribution in [-0.4, -0.2) is 35.3 Å². The Bertz CT molecular complexity index is 262. The second-order valence-corrected chi connectivity index (χ2v) is 3.03. The fourth-order valence-corrected chi connectivity index (χ4v) is 0.974. The second-order valence-electron chi connectivity index (χ2n) is 2.62. The molecule has 0 atom stereocenters. The number of aromatic amines is 1. The molecule has 0 amide bonds. The number of H-pyrrole nitrogens is 1. The SMILES string of the molecule is CNC(=S)NCCOCc1c[nH]cn1. The molecule has 1 rings (SSSR count). The third-order valence-electron chi connectivity index (χ3n) is 1.56. The number of rotatable bonds is 5. The van der Waals surface area contributed by atoms with Crippen LogP contribution in [0.3, 0.4) is 0 Å². The Labute approximate surface area is 88.3 Å². The highest BCUT2D eigenvalue weighted by Gasteiger charge is 1.94. The molecule has 0 saturated heterocycles. The molecule has 0 unspecified atom stereocenters. The largest absolute Gasteiger partial charge is 0.373 e. The molecule has 1 heterocycles. The Morgan fingerprint density at radius 1 is 1.71 bits per heavy atom. The van der Waals surface area contributed by atoms with E-state index in [1.807, 2.05) is 6.20 Å². The van der Waals surface area contributed by atoms with Gasteiger partial charge in [0.05, 0.1) is 25.2 Å². The van der Waals surface area contributed by atoms with Crippen molar-refractivity contribution in [2.45, 2.75) is 6.61 Å². The van der Waals surface area contributed by atoms with Gasteiger partial charge in [0.1, 0.15) is 0 Å². The quantitative estimate of drug-likeness (QED) is 0.476. The number of ether oxygens (including phenoxy) is 1. The van der Waals surface area contributed by atoms with E-state index in [0.717, 1.165) is 5.69 Å². The first-order valence-electron chi connectivity index (χ1n) is 4.34. The van der Waals surface area contributed by atoms with Crippen molar-refractivity contribution in [2.24, 2.45) is 0 Å². The lowest BCUT2D eigenvalue weighted by Gasteiger charge is -2.06. The number of hydrogen-bond donors (Lipinski definition) is 3. The molecule has 78 valence electrons. The molecule has 0 bridgehead atoms. The highest BCUT2D eigenvalue weighted by molar-refractivity contribution is 7.80. The van der Waals surface area contributed by atoms with Crippen molar-refractivity contribution in [1.29, 1.82) is 0 Å². The lowest BCUT2D eigenvalue weighted by Crippen LogP contribution is -2.34. The molecule has 6 heteroatoms. The smallest absolute Gasteiger partial charge is 0.166 e. The highest BCUT2D eigenvalue weighted by atomic mass is 32.1. The van der Waals surface area contributed by atoms with E-state index in [2.05, 4.69) is 20.6 Å². The summed E-state index contributed by atoms with van der Waals surface area (Å²) in [6.45, 7) is 1.83. The van der Waals surface area contributed by atoms with Crippen LogP contribution < -0.4 is 10.6 Å². The van der Waals surface area contributed by atoms with E-state index in [-0.39, 0.29) is 0 Å². The van der Waals surface area contributed by atoms with Crippen LogP contribution in [-0.2, 0) is 11.3 Å². The maximum absolute atomic E-state index is 5.34. The Kier molecular flexibility index (Phi) is 4.95. The average molecular weight is 214 g/mol. The van der Waals surface area contributed by atoms with Crippen molar-refractivity contribution in [3.8, 4) is 0 Å². The monoisotopic (exact) mass is 214 g/mol. The average Bonchev–Trinajstić information content (AvgIpc) is 2.69. The minimum Gasteiger partial charge on any atom is -0.373 e. The standard InChI is InChI=1S/C8H14N4OS/c1-9-8(14)11-2-3-13-5-7-4-10-6-12-7/h4,6H,2-3,5H2,1H3,(H,10,12)(H2,9,11,14). The summed E-state index contributed by atoms with van der Waals surface area (Å²) in [7, 11) is 1.78. The molecule has 0 saturated carbocycles. The van der Waals surface area contributed by atoms with Crippen molar-refractivity contribution in [1.82, 2.24) is 20.6 Å². The Hall–Kier alpha value is -1.14. The van der Waals surface area contributed by atoms with Gasteiger partial charge in [-0.25, -0.2) is 4.98 Å². The maximum Gasteiger partial charge on any atom is 0.166 e. The first-order valence-corrected chi connectivity index (χ1v) is 4.74. The van der Waals surface area contributed by atoms with Crippen LogP contribution in [0.2, 0.25) is 0 Å². The van der Waals surface area contributed by atoms with Crippen molar-refractivity contribution >= 4 is 17.3 Å². The molecule has 0 radical (unpaired) electrons. The highest BCUT2D eigenvalue weighted by Crippen LogP contribution is 1.92. The molecule has 0 aromatic carbocycles. The Balaban J connectivity index is 1.97. The summed E-state index contributed by atoms with van der Waals surface area (Å²) in [5, 5.41) is 6.43. The first kappa shape index (κ1) is 10.9. The van der Waals surface area contributed by atoms with Crippen LogP contribution in [0, 0.1) is 0 Å². The molecule has 0 spiro atoms. The van der Waals surface area contributed by atoms with E-state index < -0.39 is 0 Å². The number of nitrogens with zero attached hydrogens (tertiary/aromatic N) is 1. The van der Waals surface area contributed by atoms with E-state index in [4.69, 9.17) is 17.0 Å². The fourth-order valence-electron chi connectivity index (χ4n) is 0.872. The third-order valence-corrected chi connectivity index (χ3v) is 1.91. The summed E-state index contributed by atoms with van der Waals surface area (Å²) >= 11 is 4.89. The van der Waals surface area contributed by atoms with Gasteiger partial charge in [-0.05, 0) is 12.2 Å². The van der Waals surface area contributed by atoms with Crippen molar-refractivity contribution < 1.29 is 4.74 Å². The first-order chi connectivity index (χ1) is 6.83. The van der Waals surface area contributed by atoms with Crippen LogP contribution in [0.4, 0.5) is 0 Å². The van der Waals surface area contributed by atoms with Crippen molar-refractivity contribution in [3.05, 3.63) is 18.2 Å². The molecule has 0 aliphatic heterocycles. The molecule has 5 nitrogen and oxygen atoms in total. The fraction of sp³-hybridized carbons (Fsp3) is 0.500. The van der Waals surface area contributed by atoms with E-state index >= 15 is 0 Å². The maximum atomic E-state index is 5.34. The molecular weight excluding hydrogens is 200 g/mol. The summed E-state index contributed by atoms with van der Waals surface area (Å²) in [4.78, 5) is 6.89. The Morgan fingerprint density at radius 3 is 3.21 bits per heavy atom. The zero-order chi connectivity index (χ0) is 10.2. The van der Waals surface area contributed by atoms with E-state index in [0.29, 0.717) is 24.9 Å². The molecule has 0 aliphatic carbocycles. The molecule has 0 fully saturated rings. The van der Waals surface area contributed by atoms with Gasteiger partial charge in [-0.3, -0.25) is 0 Å². The lowest BCUT2D eigenvalue weighted by molar-refractivity contribution is 0.123. The molecular formula is C8H14N4OS. The third kappa shape index (κ3) is 4.20. The van der Waals surface area contributed by atoms with Crippen LogP contribution in [0.15, 0.2) is 12.5 Å². The molecule has 1 aromatic rings. The van der Waals surface area contributed by atoms with Crippen LogP contribution >= 0.6 is 12.2 Å². The number of imidazole rings is 1. The van der Waals surface area contributed by atoms with E-state index in [1.54, 1.807) is 13.4 Å². The summed E-state index contributed by atoms with van der Waals surface area (Å²) in [5.41, 5.74) is 0.904. The van der Waals surface area contributed by atoms with Crippen molar-refractivity contribution in [3.63, 3.8) is 0 Å². The van der Waals surface area contributed by atoms with Gasteiger partial charge in [0, 0.05) is 19.8 Å². The summed E-state index contributed by atoms with van der Waals surface area (Å²) in [6, 6.07) is 0. The topological polar surface area (TPSA) is 62.0 Å². The van der Waals surface area contributed by atoms with Gasteiger partial charge in [-0.15, -0.1) is 0 Å². The van der Waals surface area contributed by atoms with Gasteiger partial charge >= 0.3 is 0 Å². The number of thiocarbonyl (C=S) groups is 1. The van der Waals surface area contributed by atoms with E-state index in [1.165, 1.54) is 0 Å². The van der Waals surface area contributed by atoms with Gasteiger partial charge < -0.3 is 20.4 Å².